The van der Waals surface area contributed by atoms with Crippen molar-refractivity contribution in [2.24, 2.45) is 5.92 Å². The minimum Gasteiger partial charge on any atom is -0.493 e. The molecule has 1 aliphatic carbocycles. The van der Waals surface area contributed by atoms with Crippen molar-refractivity contribution < 1.29 is 23.0 Å². The van der Waals surface area contributed by atoms with Gasteiger partial charge in [-0.2, -0.15) is 8.78 Å². The number of rotatable bonds is 7. The van der Waals surface area contributed by atoms with Crippen molar-refractivity contribution in [2.75, 3.05) is 7.11 Å². The Morgan fingerprint density at radius 2 is 1.85 bits per heavy atom. The predicted octanol–water partition coefficient (Wildman–Crippen LogP) is 4.49. The van der Waals surface area contributed by atoms with E-state index in [2.05, 4.69) is 10.1 Å². The van der Waals surface area contributed by atoms with Crippen molar-refractivity contribution in [1.82, 2.24) is 5.32 Å². The molecule has 0 radical (unpaired) electrons. The average Bonchev–Trinajstić information content (AvgIpc) is 3.45. The Bertz CT molecular complexity index is 773. The molecule has 1 fully saturated rings. The number of para-hydroxylation sites is 1. The number of hydrogen-bond acceptors (Lipinski definition) is 3. The molecule has 1 saturated carbocycles. The summed E-state index contributed by atoms with van der Waals surface area (Å²) >= 11 is 0. The van der Waals surface area contributed by atoms with Crippen LogP contribution in [0.3, 0.4) is 0 Å². The van der Waals surface area contributed by atoms with Gasteiger partial charge in [-0.3, -0.25) is 4.79 Å². The molecule has 1 N–H and O–H groups in total. The minimum absolute atomic E-state index is 0.0300. The summed E-state index contributed by atoms with van der Waals surface area (Å²) < 4.78 is 35.2. The fraction of sp³-hybridized carbons (Fsp3) is 0.350. The summed E-state index contributed by atoms with van der Waals surface area (Å²) in [6.45, 7) is -1.05. The molecule has 0 saturated heterocycles. The monoisotopic (exact) mass is 361 g/mol. The quantitative estimate of drug-likeness (QED) is 0.791. The zero-order chi connectivity index (χ0) is 18.7. The summed E-state index contributed by atoms with van der Waals surface area (Å²) in [5.41, 5.74) is 2.17. The van der Waals surface area contributed by atoms with Crippen LogP contribution in [0.15, 0.2) is 42.5 Å². The van der Waals surface area contributed by atoms with Gasteiger partial charge in [-0.05, 0) is 43.4 Å². The lowest BCUT2D eigenvalue weighted by molar-refractivity contribution is -0.0515. The van der Waals surface area contributed by atoms with Crippen LogP contribution in [-0.4, -0.2) is 19.6 Å². The van der Waals surface area contributed by atoms with Crippen molar-refractivity contribution >= 4 is 5.91 Å². The van der Waals surface area contributed by atoms with E-state index in [1.54, 1.807) is 6.07 Å². The van der Waals surface area contributed by atoms with Gasteiger partial charge in [0.15, 0.2) is 11.5 Å². The Hall–Kier alpha value is -2.63. The zero-order valence-corrected chi connectivity index (χ0v) is 14.7. The predicted molar refractivity (Wildman–Crippen MR) is 93.7 cm³/mol. The van der Waals surface area contributed by atoms with Gasteiger partial charge in [0, 0.05) is 0 Å². The second kappa shape index (κ2) is 7.72. The molecule has 0 spiro atoms. The maximum Gasteiger partial charge on any atom is 0.387 e. The Morgan fingerprint density at radius 1 is 1.15 bits per heavy atom. The highest BCUT2D eigenvalue weighted by atomic mass is 19.3. The third kappa shape index (κ3) is 4.12. The molecule has 0 aliphatic heterocycles. The third-order valence-corrected chi connectivity index (χ3v) is 4.47. The van der Waals surface area contributed by atoms with Gasteiger partial charge >= 0.3 is 6.61 Å². The molecule has 138 valence electrons. The fourth-order valence-electron chi connectivity index (χ4n) is 2.96. The molecule has 1 unspecified atom stereocenters. The number of nitrogens with one attached hydrogen (secondary N) is 1. The van der Waals surface area contributed by atoms with Gasteiger partial charge in [0.1, 0.15) is 0 Å². The number of carbonyl (C=O) groups is 1. The summed E-state index contributed by atoms with van der Waals surface area (Å²) in [6.07, 6.45) is 2.05. The molecule has 6 heteroatoms. The van der Waals surface area contributed by atoms with E-state index >= 15 is 0 Å². The number of halogens is 2. The summed E-state index contributed by atoms with van der Waals surface area (Å²) in [4.78, 5) is 12.8. The lowest BCUT2D eigenvalue weighted by atomic mass is 10.0. The van der Waals surface area contributed by atoms with Crippen LogP contribution in [0.4, 0.5) is 8.78 Å². The molecule has 3 rings (SSSR count). The highest BCUT2D eigenvalue weighted by molar-refractivity contribution is 5.98. The summed E-state index contributed by atoms with van der Waals surface area (Å²) in [5.74, 6) is -0.263. The van der Waals surface area contributed by atoms with Crippen LogP contribution >= 0.6 is 0 Å². The van der Waals surface area contributed by atoms with Crippen molar-refractivity contribution in [2.45, 2.75) is 32.4 Å². The summed E-state index contributed by atoms with van der Waals surface area (Å²) in [6, 6.07) is 12.3. The van der Waals surface area contributed by atoms with Crippen molar-refractivity contribution in [3.8, 4) is 11.5 Å². The van der Waals surface area contributed by atoms with Gasteiger partial charge in [-0.25, -0.2) is 0 Å². The van der Waals surface area contributed by atoms with Gasteiger partial charge in [0.25, 0.3) is 5.91 Å². The van der Waals surface area contributed by atoms with Crippen LogP contribution in [-0.2, 0) is 0 Å². The van der Waals surface area contributed by atoms with E-state index in [0.29, 0.717) is 5.92 Å². The number of aryl methyl sites for hydroxylation is 1. The van der Waals surface area contributed by atoms with Gasteiger partial charge < -0.3 is 14.8 Å². The molecule has 2 aromatic carbocycles. The largest absolute Gasteiger partial charge is 0.493 e. The number of benzene rings is 2. The Kier molecular flexibility index (Phi) is 5.40. The lowest BCUT2D eigenvalue weighted by Gasteiger charge is -2.20. The fourth-order valence-corrected chi connectivity index (χ4v) is 2.96. The SMILES string of the molecule is COc1cccc(C(=O)NC(c2ccc(C)cc2)C2CC2)c1OC(F)F. The number of alkyl halides is 2. The van der Waals surface area contributed by atoms with Gasteiger partial charge in [-0.1, -0.05) is 35.9 Å². The molecule has 1 aliphatic rings. The number of methoxy groups -OCH3 is 1. The number of carbonyl (C=O) groups excluding carboxylic acids is 1. The molecule has 1 atom stereocenters. The summed E-state index contributed by atoms with van der Waals surface area (Å²) in [5, 5.41) is 2.98. The molecule has 2 aromatic rings. The number of ether oxygens (including phenoxy) is 2. The maximum atomic E-state index is 12.8. The van der Waals surface area contributed by atoms with Crippen molar-refractivity contribution in [3.05, 3.63) is 59.2 Å². The molecular formula is C20H21F2NO3. The van der Waals surface area contributed by atoms with Crippen LogP contribution in [0.5, 0.6) is 11.5 Å². The van der Waals surface area contributed by atoms with Gasteiger partial charge in [-0.15, -0.1) is 0 Å². The standard InChI is InChI=1S/C20H21F2NO3/c1-12-6-8-13(9-7-12)17(14-10-11-14)23-19(24)15-4-3-5-16(25-2)18(15)26-20(21)22/h3-9,14,17,20H,10-11H2,1-2H3,(H,23,24). The third-order valence-electron chi connectivity index (χ3n) is 4.47. The van der Waals surface area contributed by atoms with E-state index in [1.807, 2.05) is 31.2 Å². The Morgan fingerprint density at radius 3 is 2.42 bits per heavy atom. The second-order valence-corrected chi connectivity index (χ2v) is 6.41. The Balaban J connectivity index is 1.87. The van der Waals surface area contributed by atoms with Crippen LogP contribution in [0.1, 0.15) is 40.4 Å². The molecule has 1 amide bonds. The lowest BCUT2D eigenvalue weighted by Crippen LogP contribution is -2.30. The topological polar surface area (TPSA) is 47.6 Å². The average molecular weight is 361 g/mol. The van der Waals surface area contributed by atoms with E-state index in [4.69, 9.17) is 4.74 Å². The highest BCUT2D eigenvalue weighted by Crippen LogP contribution is 2.41. The van der Waals surface area contributed by atoms with E-state index < -0.39 is 12.5 Å². The molecular weight excluding hydrogens is 340 g/mol. The van der Waals surface area contributed by atoms with Crippen LogP contribution in [0.2, 0.25) is 0 Å². The molecule has 26 heavy (non-hydrogen) atoms. The first-order chi connectivity index (χ1) is 12.5. The molecule has 0 heterocycles. The van der Waals surface area contributed by atoms with Crippen molar-refractivity contribution in [3.63, 3.8) is 0 Å². The zero-order valence-electron chi connectivity index (χ0n) is 14.7. The number of hydrogen-bond donors (Lipinski definition) is 1. The minimum atomic E-state index is -3.05. The van der Waals surface area contributed by atoms with Gasteiger partial charge in [0.2, 0.25) is 0 Å². The maximum absolute atomic E-state index is 12.8. The highest BCUT2D eigenvalue weighted by Gasteiger charge is 2.34. The van der Waals surface area contributed by atoms with E-state index in [1.165, 1.54) is 19.2 Å². The molecule has 4 nitrogen and oxygen atoms in total. The first-order valence-electron chi connectivity index (χ1n) is 8.49. The smallest absolute Gasteiger partial charge is 0.387 e. The molecule has 0 bridgehead atoms. The first kappa shape index (κ1) is 18.2. The molecule has 0 aromatic heterocycles. The van der Waals surface area contributed by atoms with E-state index in [9.17, 15) is 13.6 Å². The normalized spacial score (nSPS) is 14.8. The first-order valence-corrected chi connectivity index (χ1v) is 8.49. The van der Waals surface area contributed by atoms with Crippen LogP contribution in [0, 0.1) is 12.8 Å². The van der Waals surface area contributed by atoms with Crippen LogP contribution < -0.4 is 14.8 Å². The summed E-state index contributed by atoms with van der Waals surface area (Å²) in [7, 11) is 1.34. The van der Waals surface area contributed by atoms with Gasteiger partial charge in [0.05, 0.1) is 18.7 Å². The Labute approximate surface area is 151 Å². The van der Waals surface area contributed by atoms with Crippen molar-refractivity contribution in [1.29, 1.82) is 0 Å². The van der Waals surface area contributed by atoms with E-state index in [-0.39, 0.29) is 23.1 Å². The van der Waals surface area contributed by atoms with Crippen LogP contribution in [0.25, 0.3) is 0 Å². The second-order valence-electron chi connectivity index (χ2n) is 6.41. The number of amides is 1. The van der Waals surface area contributed by atoms with E-state index in [0.717, 1.165) is 24.0 Å².